The van der Waals surface area contributed by atoms with Crippen LogP contribution in [-0.4, -0.2) is 16.0 Å². The normalized spacial score (nSPS) is 15.4. The molecular weight excluding hydrogens is 397 g/mol. The second-order valence-electron chi connectivity index (χ2n) is 6.07. The van der Waals surface area contributed by atoms with E-state index in [2.05, 4.69) is 36.5 Å². The number of nitrogens with zero attached hydrogens (tertiary/aromatic N) is 2. The van der Waals surface area contributed by atoms with E-state index in [0.29, 0.717) is 6.54 Å². The smallest absolute Gasteiger partial charge is 0.366 e. The average molecular weight is 415 g/mol. The molecule has 0 amide bonds. The van der Waals surface area contributed by atoms with Crippen LogP contribution in [0, 0.1) is 0 Å². The van der Waals surface area contributed by atoms with E-state index in [1.807, 2.05) is 24.3 Å². The number of nitrogens with one attached hydrogen (secondary N) is 2. The first-order chi connectivity index (χ1) is 11.9. The Hall–Kier alpha value is -1.83. The Labute approximate surface area is 152 Å². The van der Waals surface area contributed by atoms with Crippen molar-refractivity contribution in [2.75, 3.05) is 10.6 Å². The number of rotatable bonds is 5. The Morgan fingerprint density at radius 2 is 1.88 bits per heavy atom. The van der Waals surface area contributed by atoms with Gasteiger partial charge in [0.25, 0.3) is 0 Å². The summed E-state index contributed by atoms with van der Waals surface area (Å²) < 4.78 is 40.3. The Morgan fingerprint density at radius 3 is 2.56 bits per heavy atom. The number of alkyl halides is 3. The molecule has 1 aromatic carbocycles. The summed E-state index contributed by atoms with van der Waals surface area (Å²) in [5.41, 5.74) is -0.00779. The summed E-state index contributed by atoms with van der Waals surface area (Å²) in [5.74, 6) is 0.182. The Morgan fingerprint density at radius 1 is 1.12 bits per heavy atom. The van der Waals surface area contributed by atoms with Crippen molar-refractivity contribution in [3.63, 3.8) is 0 Å². The van der Waals surface area contributed by atoms with Crippen LogP contribution in [0.5, 0.6) is 0 Å². The third-order valence-electron chi connectivity index (χ3n) is 4.07. The van der Waals surface area contributed by atoms with Crippen molar-refractivity contribution >= 4 is 27.7 Å². The summed E-state index contributed by atoms with van der Waals surface area (Å²) in [6.45, 7) is 0.372. The predicted octanol–water partition coefficient (Wildman–Crippen LogP) is 5.22. The number of anilines is 2. The fraction of sp³-hybridized carbons (Fsp3) is 0.412. The van der Waals surface area contributed by atoms with Crippen molar-refractivity contribution < 1.29 is 13.2 Å². The molecule has 1 aromatic heterocycles. The Kier molecular flexibility index (Phi) is 5.46. The Bertz CT molecular complexity index is 730. The molecule has 25 heavy (non-hydrogen) atoms. The van der Waals surface area contributed by atoms with Gasteiger partial charge in [-0.2, -0.15) is 18.2 Å². The molecule has 2 aromatic rings. The van der Waals surface area contributed by atoms with Crippen LogP contribution in [0.3, 0.4) is 0 Å². The van der Waals surface area contributed by atoms with Crippen molar-refractivity contribution in [3.05, 3.63) is 46.1 Å². The second-order valence-corrected chi connectivity index (χ2v) is 6.98. The second kappa shape index (κ2) is 7.59. The highest BCUT2D eigenvalue weighted by Gasteiger charge is 2.34. The number of hydrogen-bond donors (Lipinski definition) is 2. The van der Waals surface area contributed by atoms with E-state index in [1.54, 1.807) is 0 Å². The average Bonchev–Trinajstić information content (AvgIpc) is 3.05. The minimum Gasteiger partial charge on any atom is -0.366 e. The van der Waals surface area contributed by atoms with Crippen LogP contribution in [0.25, 0.3) is 0 Å². The molecule has 8 heteroatoms. The van der Waals surface area contributed by atoms with Crippen LogP contribution in [0.1, 0.15) is 36.9 Å². The topological polar surface area (TPSA) is 49.8 Å². The fourth-order valence-corrected chi connectivity index (χ4v) is 3.29. The Balaban J connectivity index is 1.78. The van der Waals surface area contributed by atoms with Gasteiger partial charge < -0.3 is 10.6 Å². The standard InChI is InChI=1S/C17H18BrF3N4/c18-12-5-3-4-11(8-12)10-22-15-9-14(17(19,20)21)24-16(25-15)23-13-6-1-2-7-13/h3-5,8-9,13H,1-2,6-7,10H2,(H2,22,23,24,25). The van der Waals surface area contributed by atoms with E-state index >= 15 is 0 Å². The van der Waals surface area contributed by atoms with Crippen LogP contribution in [0.4, 0.5) is 24.9 Å². The maximum Gasteiger partial charge on any atom is 0.433 e. The third-order valence-corrected chi connectivity index (χ3v) is 4.56. The van der Waals surface area contributed by atoms with Gasteiger partial charge in [0, 0.05) is 23.1 Å². The van der Waals surface area contributed by atoms with E-state index in [-0.39, 0.29) is 17.8 Å². The van der Waals surface area contributed by atoms with Gasteiger partial charge in [-0.1, -0.05) is 40.9 Å². The molecule has 0 aliphatic heterocycles. The molecule has 1 saturated carbocycles. The van der Waals surface area contributed by atoms with Gasteiger partial charge in [-0.05, 0) is 30.5 Å². The van der Waals surface area contributed by atoms with Gasteiger partial charge in [-0.15, -0.1) is 0 Å². The first-order valence-electron chi connectivity index (χ1n) is 8.11. The number of halogens is 4. The zero-order chi connectivity index (χ0) is 17.9. The van der Waals surface area contributed by atoms with Crippen molar-refractivity contribution in [3.8, 4) is 0 Å². The SMILES string of the molecule is FC(F)(F)c1cc(NCc2cccc(Br)c2)nc(NC2CCCC2)n1. The van der Waals surface area contributed by atoms with E-state index in [4.69, 9.17) is 0 Å². The maximum atomic E-state index is 13.1. The predicted molar refractivity (Wildman–Crippen MR) is 94.4 cm³/mol. The monoisotopic (exact) mass is 414 g/mol. The van der Waals surface area contributed by atoms with Gasteiger partial charge in [-0.25, -0.2) is 4.98 Å². The molecule has 0 atom stereocenters. The molecule has 1 heterocycles. The van der Waals surface area contributed by atoms with Gasteiger partial charge in [0.2, 0.25) is 5.95 Å². The van der Waals surface area contributed by atoms with Crippen LogP contribution in [0.15, 0.2) is 34.8 Å². The first-order valence-corrected chi connectivity index (χ1v) is 8.90. The summed E-state index contributed by atoms with van der Waals surface area (Å²) in [4.78, 5) is 7.85. The van der Waals surface area contributed by atoms with Crippen molar-refractivity contribution in [2.45, 2.75) is 44.4 Å². The minimum atomic E-state index is -4.51. The molecule has 0 saturated heterocycles. The summed E-state index contributed by atoms with van der Waals surface area (Å²) in [6.07, 6.45) is -0.503. The molecule has 0 radical (unpaired) electrons. The molecule has 1 aliphatic rings. The number of benzene rings is 1. The van der Waals surface area contributed by atoms with Crippen LogP contribution in [0.2, 0.25) is 0 Å². The van der Waals surface area contributed by atoms with E-state index in [9.17, 15) is 13.2 Å². The largest absolute Gasteiger partial charge is 0.433 e. The van der Waals surface area contributed by atoms with Gasteiger partial charge in [0.05, 0.1) is 0 Å². The lowest BCUT2D eigenvalue weighted by Gasteiger charge is -2.15. The van der Waals surface area contributed by atoms with E-state index in [0.717, 1.165) is 41.8 Å². The number of hydrogen-bond acceptors (Lipinski definition) is 4. The summed E-state index contributed by atoms with van der Waals surface area (Å²) >= 11 is 3.37. The van der Waals surface area contributed by atoms with E-state index in [1.165, 1.54) is 0 Å². The zero-order valence-electron chi connectivity index (χ0n) is 13.4. The molecule has 4 nitrogen and oxygen atoms in total. The van der Waals surface area contributed by atoms with Gasteiger partial charge in [0.1, 0.15) is 5.82 Å². The van der Waals surface area contributed by atoms with Crippen molar-refractivity contribution in [2.24, 2.45) is 0 Å². The summed E-state index contributed by atoms with van der Waals surface area (Å²) in [5, 5.41) is 5.99. The lowest BCUT2D eigenvalue weighted by atomic mass is 10.2. The highest BCUT2D eigenvalue weighted by molar-refractivity contribution is 9.10. The quantitative estimate of drug-likeness (QED) is 0.703. The van der Waals surface area contributed by atoms with Gasteiger partial charge >= 0.3 is 6.18 Å². The van der Waals surface area contributed by atoms with Gasteiger partial charge in [0.15, 0.2) is 5.69 Å². The highest BCUT2D eigenvalue weighted by atomic mass is 79.9. The fourth-order valence-electron chi connectivity index (χ4n) is 2.84. The maximum absolute atomic E-state index is 13.1. The molecule has 134 valence electrons. The molecule has 0 bridgehead atoms. The van der Waals surface area contributed by atoms with E-state index < -0.39 is 11.9 Å². The molecule has 0 unspecified atom stereocenters. The minimum absolute atomic E-state index is 0.0264. The lowest BCUT2D eigenvalue weighted by Crippen LogP contribution is -2.19. The molecule has 3 rings (SSSR count). The van der Waals surface area contributed by atoms with Crippen LogP contribution >= 0.6 is 15.9 Å². The highest BCUT2D eigenvalue weighted by Crippen LogP contribution is 2.30. The van der Waals surface area contributed by atoms with Crippen molar-refractivity contribution in [1.29, 1.82) is 0 Å². The van der Waals surface area contributed by atoms with Crippen LogP contribution < -0.4 is 10.6 Å². The molecular formula is C17H18BrF3N4. The van der Waals surface area contributed by atoms with Crippen molar-refractivity contribution in [1.82, 2.24) is 9.97 Å². The van der Waals surface area contributed by atoms with Crippen LogP contribution in [-0.2, 0) is 12.7 Å². The third kappa shape index (κ3) is 5.07. The lowest BCUT2D eigenvalue weighted by molar-refractivity contribution is -0.141. The summed E-state index contributed by atoms with van der Waals surface area (Å²) in [7, 11) is 0. The molecule has 1 fully saturated rings. The number of aromatic nitrogens is 2. The zero-order valence-corrected chi connectivity index (χ0v) is 15.0. The first kappa shape index (κ1) is 18.0. The van der Waals surface area contributed by atoms with Gasteiger partial charge in [-0.3, -0.25) is 0 Å². The molecule has 2 N–H and O–H groups in total. The summed E-state index contributed by atoms with van der Waals surface area (Å²) in [6, 6.07) is 8.63. The molecule has 0 spiro atoms. The molecule has 1 aliphatic carbocycles.